The molecule has 0 saturated heterocycles. The Bertz CT molecular complexity index is 502. The maximum atomic E-state index is 12.2. The number of rotatable bonds is 3. The third-order valence-corrected chi connectivity index (χ3v) is 4.39. The normalized spacial score (nSPS) is 23.8. The molecule has 3 rings (SSSR count). The summed E-state index contributed by atoms with van der Waals surface area (Å²) in [4.78, 5) is 12.2. The predicted molar refractivity (Wildman–Crippen MR) is 74.9 cm³/mol. The molecule has 1 saturated carbocycles. The molecule has 2 aliphatic carbocycles. The molecule has 1 heterocycles. The standard InChI is InChI=1S/C15H23N3O/c1-9-8-12-13(16)4-3-5-14(12)18(9)10(2)15(19)17-11-6-7-11/h8,10-11,13H,3-7,16H2,1-2H3,(H,17,19). The van der Waals surface area contributed by atoms with Gasteiger partial charge in [-0.2, -0.15) is 0 Å². The van der Waals surface area contributed by atoms with Gasteiger partial charge in [0.2, 0.25) is 5.91 Å². The fourth-order valence-electron chi connectivity index (χ4n) is 3.17. The molecule has 1 fully saturated rings. The Labute approximate surface area is 114 Å². The van der Waals surface area contributed by atoms with Crippen LogP contribution < -0.4 is 11.1 Å². The maximum absolute atomic E-state index is 12.2. The van der Waals surface area contributed by atoms with Gasteiger partial charge >= 0.3 is 0 Å². The summed E-state index contributed by atoms with van der Waals surface area (Å²) < 4.78 is 2.19. The maximum Gasteiger partial charge on any atom is 0.242 e. The zero-order valence-corrected chi connectivity index (χ0v) is 11.8. The topological polar surface area (TPSA) is 60.0 Å². The first-order valence-electron chi connectivity index (χ1n) is 7.34. The fraction of sp³-hybridized carbons (Fsp3) is 0.667. The van der Waals surface area contributed by atoms with Gasteiger partial charge in [-0.15, -0.1) is 0 Å². The molecule has 2 atom stereocenters. The van der Waals surface area contributed by atoms with Crippen LogP contribution in [0, 0.1) is 6.92 Å². The Hall–Kier alpha value is -1.29. The van der Waals surface area contributed by atoms with E-state index in [1.807, 2.05) is 6.92 Å². The Morgan fingerprint density at radius 1 is 1.47 bits per heavy atom. The molecule has 4 nitrogen and oxygen atoms in total. The number of amides is 1. The zero-order valence-electron chi connectivity index (χ0n) is 11.8. The molecule has 2 aliphatic rings. The number of nitrogens with zero attached hydrogens (tertiary/aromatic N) is 1. The number of hydrogen-bond donors (Lipinski definition) is 2. The number of aromatic nitrogens is 1. The van der Waals surface area contributed by atoms with Crippen LogP contribution in [-0.4, -0.2) is 16.5 Å². The Kier molecular flexibility index (Phi) is 3.13. The van der Waals surface area contributed by atoms with Gasteiger partial charge in [-0.25, -0.2) is 0 Å². The van der Waals surface area contributed by atoms with Gasteiger partial charge in [0.25, 0.3) is 0 Å². The molecule has 1 aromatic rings. The minimum atomic E-state index is -0.130. The lowest BCUT2D eigenvalue weighted by Gasteiger charge is -2.24. The minimum Gasteiger partial charge on any atom is -0.352 e. The highest BCUT2D eigenvalue weighted by atomic mass is 16.2. The van der Waals surface area contributed by atoms with Gasteiger partial charge in [-0.1, -0.05) is 0 Å². The van der Waals surface area contributed by atoms with Crippen molar-refractivity contribution >= 4 is 5.91 Å². The number of hydrogen-bond acceptors (Lipinski definition) is 2. The molecule has 0 aromatic carbocycles. The molecule has 19 heavy (non-hydrogen) atoms. The summed E-state index contributed by atoms with van der Waals surface area (Å²) in [6.07, 6.45) is 5.48. The first-order chi connectivity index (χ1) is 9.08. The lowest BCUT2D eigenvalue weighted by Crippen LogP contribution is -2.34. The first kappa shape index (κ1) is 12.7. The van der Waals surface area contributed by atoms with Crippen molar-refractivity contribution in [1.82, 2.24) is 9.88 Å². The van der Waals surface area contributed by atoms with Crippen LogP contribution in [0.2, 0.25) is 0 Å². The second-order valence-corrected chi connectivity index (χ2v) is 6.02. The van der Waals surface area contributed by atoms with Crippen LogP contribution in [0.3, 0.4) is 0 Å². The molecule has 4 heteroatoms. The molecule has 0 aliphatic heterocycles. The zero-order chi connectivity index (χ0) is 13.6. The summed E-state index contributed by atoms with van der Waals surface area (Å²) in [7, 11) is 0. The van der Waals surface area contributed by atoms with E-state index >= 15 is 0 Å². The van der Waals surface area contributed by atoms with Crippen LogP contribution in [0.1, 0.15) is 61.6 Å². The second-order valence-electron chi connectivity index (χ2n) is 6.02. The van der Waals surface area contributed by atoms with E-state index in [0.29, 0.717) is 6.04 Å². The number of fused-ring (bicyclic) bond motifs is 1. The summed E-state index contributed by atoms with van der Waals surface area (Å²) in [6.45, 7) is 4.07. The molecule has 0 radical (unpaired) electrons. The Morgan fingerprint density at radius 3 is 2.89 bits per heavy atom. The average molecular weight is 261 g/mol. The third kappa shape index (κ3) is 2.29. The molecule has 0 bridgehead atoms. The van der Waals surface area contributed by atoms with Crippen molar-refractivity contribution in [2.75, 3.05) is 0 Å². The molecule has 0 spiro atoms. The average Bonchev–Trinajstić information content (AvgIpc) is 3.10. The molecule has 104 valence electrons. The van der Waals surface area contributed by atoms with Gasteiger partial charge in [0.05, 0.1) is 0 Å². The summed E-state index contributed by atoms with van der Waals surface area (Å²) in [5.41, 5.74) is 9.85. The van der Waals surface area contributed by atoms with Crippen molar-refractivity contribution in [1.29, 1.82) is 0 Å². The van der Waals surface area contributed by atoms with Crippen molar-refractivity contribution in [2.24, 2.45) is 5.73 Å². The summed E-state index contributed by atoms with van der Waals surface area (Å²) >= 11 is 0. The lowest BCUT2D eigenvalue weighted by molar-refractivity contribution is -0.124. The van der Waals surface area contributed by atoms with Crippen LogP contribution in [0.25, 0.3) is 0 Å². The summed E-state index contributed by atoms with van der Waals surface area (Å²) in [5, 5.41) is 3.10. The van der Waals surface area contributed by atoms with E-state index in [1.54, 1.807) is 0 Å². The third-order valence-electron chi connectivity index (χ3n) is 4.39. The first-order valence-corrected chi connectivity index (χ1v) is 7.34. The number of nitrogens with one attached hydrogen (secondary N) is 1. The molecule has 2 unspecified atom stereocenters. The van der Waals surface area contributed by atoms with Gasteiger partial charge in [0.1, 0.15) is 6.04 Å². The van der Waals surface area contributed by atoms with Crippen molar-refractivity contribution in [2.45, 2.75) is 64.1 Å². The van der Waals surface area contributed by atoms with E-state index in [4.69, 9.17) is 5.73 Å². The quantitative estimate of drug-likeness (QED) is 0.874. The van der Waals surface area contributed by atoms with Crippen molar-refractivity contribution in [3.05, 3.63) is 23.0 Å². The van der Waals surface area contributed by atoms with E-state index in [0.717, 1.165) is 37.8 Å². The van der Waals surface area contributed by atoms with Crippen LogP contribution in [0.4, 0.5) is 0 Å². The van der Waals surface area contributed by atoms with Crippen LogP contribution in [0.5, 0.6) is 0 Å². The van der Waals surface area contributed by atoms with Gasteiger partial charge in [-0.05, 0) is 57.6 Å². The minimum absolute atomic E-state index is 0.130. The number of aryl methyl sites for hydroxylation is 1. The van der Waals surface area contributed by atoms with E-state index in [1.165, 1.54) is 11.3 Å². The van der Waals surface area contributed by atoms with Crippen molar-refractivity contribution < 1.29 is 4.79 Å². The smallest absolute Gasteiger partial charge is 0.242 e. The summed E-state index contributed by atoms with van der Waals surface area (Å²) in [6, 6.07) is 2.60. The van der Waals surface area contributed by atoms with Crippen LogP contribution >= 0.6 is 0 Å². The fourth-order valence-corrected chi connectivity index (χ4v) is 3.17. The van der Waals surface area contributed by atoms with E-state index < -0.39 is 0 Å². The van der Waals surface area contributed by atoms with E-state index in [-0.39, 0.29) is 18.0 Å². The van der Waals surface area contributed by atoms with Gasteiger partial charge in [-0.3, -0.25) is 4.79 Å². The van der Waals surface area contributed by atoms with E-state index in [2.05, 4.69) is 22.9 Å². The number of carbonyl (C=O) groups is 1. The van der Waals surface area contributed by atoms with Crippen LogP contribution in [-0.2, 0) is 11.2 Å². The second kappa shape index (κ2) is 4.67. The van der Waals surface area contributed by atoms with Crippen LogP contribution in [0.15, 0.2) is 6.07 Å². The lowest BCUT2D eigenvalue weighted by atomic mass is 9.93. The highest BCUT2D eigenvalue weighted by Crippen LogP contribution is 2.33. The number of carbonyl (C=O) groups excluding carboxylic acids is 1. The highest BCUT2D eigenvalue weighted by Gasteiger charge is 2.29. The monoisotopic (exact) mass is 261 g/mol. The Morgan fingerprint density at radius 2 is 2.21 bits per heavy atom. The van der Waals surface area contributed by atoms with Crippen molar-refractivity contribution in [3.63, 3.8) is 0 Å². The van der Waals surface area contributed by atoms with E-state index in [9.17, 15) is 4.79 Å². The highest BCUT2D eigenvalue weighted by molar-refractivity contribution is 5.80. The van der Waals surface area contributed by atoms with Gasteiger partial charge < -0.3 is 15.6 Å². The van der Waals surface area contributed by atoms with Gasteiger partial charge in [0.15, 0.2) is 0 Å². The van der Waals surface area contributed by atoms with Gasteiger partial charge in [0, 0.05) is 23.5 Å². The molecule has 3 N–H and O–H groups in total. The largest absolute Gasteiger partial charge is 0.352 e. The molecule has 1 amide bonds. The molecular weight excluding hydrogens is 238 g/mol. The molecular formula is C15H23N3O. The SMILES string of the molecule is Cc1cc2c(n1C(C)C(=O)NC1CC1)CCCC2N. The molecule has 1 aromatic heterocycles. The summed E-state index contributed by atoms with van der Waals surface area (Å²) in [5.74, 6) is 0.142. The number of nitrogens with two attached hydrogens (primary N) is 1. The Balaban J connectivity index is 1.88. The predicted octanol–water partition coefficient (Wildman–Crippen LogP) is 1.97. The van der Waals surface area contributed by atoms with Crippen molar-refractivity contribution in [3.8, 4) is 0 Å².